The summed E-state index contributed by atoms with van der Waals surface area (Å²) in [6.45, 7) is 3.74. The molecule has 0 saturated carbocycles. The number of fused-ring (bicyclic) bond motifs is 1. The highest BCUT2D eigenvalue weighted by molar-refractivity contribution is 7.90. The quantitative estimate of drug-likeness (QED) is 0.726. The van der Waals surface area contributed by atoms with Gasteiger partial charge in [0.1, 0.15) is 4.90 Å². The van der Waals surface area contributed by atoms with Crippen molar-refractivity contribution in [2.45, 2.75) is 25.2 Å². The molecule has 1 unspecified atom stereocenters. The molecule has 1 aliphatic heterocycles. The Hall–Kier alpha value is -2.42. The molecule has 0 aromatic heterocycles. The first-order chi connectivity index (χ1) is 12.1. The third-order valence-corrected chi connectivity index (χ3v) is 5.33. The number of carboxylic acid groups (broad SMARTS) is 1. The first-order valence-corrected chi connectivity index (χ1v) is 9.71. The third-order valence-electron chi connectivity index (χ3n) is 4.01. The number of carbonyl (C=O) groups excluding carboxylic acids is 1. The van der Waals surface area contributed by atoms with Crippen molar-refractivity contribution in [3.63, 3.8) is 0 Å². The normalized spacial score (nSPS) is 15.9. The van der Waals surface area contributed by atoms with Gasteiger partial charge in [-0.2, -0.15) is 8.42 Å². The number of likely N-dealkylation sites (N-methyl/N-ethyl adjacent to an activating group) is 1. The van der Waals surface area contributed by atoms with Gasteiger partial charge in [-0.3, -0.25) is 9.59 Å². The van der Waals surface area contributed by atoms with Gasteiger partial charge in [0, 0.05) is 19.2 Å². The molecule has 9 heteroatoms. The number of amidine groups is 1. The number of carbonyl (C=O) groups is 2. The Balaban J connectivity index is 2.01. The van der Waals surface area contributed by atoms with Gasteiger partial charge in [-0.05, 0) is 24.5 Å². The Morgan fingerprint density at radius 1 is 1.27 bits per heavy atom. The summed E-state index contributed by atoms with van der Waals surface area (Å²) in [4.78, 5) is 24.9. The lowest BCUT2D eigenvalue weighted by molar-refractivity contribution is -0.142. The van der Waals surface area contributed by atoms with E-state index in [4.69, 9.17) is 0 Å². The molecule has 26 heavy (non-hydrogen) atoms. The van der Waals surface area contributed by atoms with Crippen LogP contribution in [0.2, 0.25) is 0 Å². The number of rotatable bonds is 7. The van der Waals surface area contributed by atoms with Gasteiger partial charge in [-0.15, -0.1) is 4.40 Å². The lowest BCUT2D eigenvalue weighted by Gasteiger charge is -2.20. The average molecular weight is 381 g/mol. The molecular formula is C17H23N3O5S. The Morgan fingerprint density at radius 2 is 1.92 bits per heavy atom. The molecule has 1 aliphatic rings. The first-order valence-electron chi connectivity index (χ1n) is 8.27. The van der Waals surface area contributed by atoms with Crippen LogP contribution >= 0.6 is 0 Å². The van der Waals surface area contributed by atoms with E-state index in [0.29, 0.717) is 12.0 Å². The van der Waals surface area contributed by atoms with E-state index in [0.717, 1.165) is 0 Å². The Kier molecular flexibility index (Phi) is 6.01. The van der Waals surface area contributed by atoms with Crippen LogP contribution in [0.1, 0.15) is 25.8 Å². The van der Waals surface area contributed by atoms with E-state index in [-0.39, 0.29) is 29.7 Å². The van der Waals surface area contributed by atoms with Crippen LogP contribution in [0.4, 0.5) is 0 Å². The van der Waals surface area contributed by atoms with Crippen molar-refractivity contribution in [3.8, 4) is 0 Å². The minimum absolute atomic E-state index is 0.0293. The van der Waals surface area contributed by atoms with Crippen LogP contribution < -0.4 is 5.32 Å². The number of amides is 1. The number of aliphatic carboxylic acids is 1. The Bertz CT molecular complexity index is 833. The molecular weight excluding hydrogens is 358 g/mol. The highest BCUT2D eigenvalue weighted by Gasteiger charge is 2.31. The van der Waals surface area contributed by atoms with Gasteiger partial charge in [0.15, 0.2) is 5.84 Å². The second-order valence-corrected chi connectivity index (χ2v) is 8.28. The molecule has 1 aromatic carbocycles. The maximum absolute atomic E-state index is 12.1. The van der Waals surface area contributed by atoms with Crippen molar-refractivity contribution in [2.75, 3.05) is 20.1 Å². The summed E-state index contributed by atoms with van der Waals surface area (Å²) in [5.41, 5.74) is 0.450. The molecule has 1 amide bonds. The molecule has 0 saturated heterocycles. The van der Waals surface area contributed by atoms with Crippen molar-refractivity contribution in [3.05, 3.63) is 29.8 Å². The van der Waals surface area contributed by atoms with E-state index in [1.54, 1.807) is 25.2 Å². The summed E-state index contributed by atoms with van der Waals surface area (Å²) in [5.74, 6) is -1.60. The third kappa shape index (κ3) is 4.60. The Morgan fingerprint density at radius 3 is 2.54 bits per heavy atom. The minimum atomic E-state index is -3.75. The zero-order valence-electron chi connectivity index (χ0n) is 15.0. The van der Waals surface area contributed by atoms with E-state index in [1.807, 2.05) is 13.8 Å². The summed E-state index contributed by atoms with van der Waals surface area (Å²) in [7, 11) is -2.18. The number of hydrogen-bond donors (Lipinski definition) is 2. The number of carboxylic acids is 1. The molecule has 1 atom stereocenters. The van der Waals surface area contributed by atoms with Crippen LogP contribution in [-0.4, -0.2) is 56.3 Å². The van der Waals surface area contributed by atoms with Gasteiger partial charge >= 0.3 is 5.97 Å². The fourth-order valence-corrected chi connectivity index (χ4v) is 4.04. The standard InChI is InChI=1S/C17H23N3O5S/c1-11(2)8-12(17(22)23)9-18-15(21)10-20(3)16-13-6-4-5-7-14(13)26(24,25)19-16/h4-7,11-12H,8-10H2,1-3H3,(H,18,21)(H,22,23). The predicted octanol–water partition coefficient (Wildman–Crippen LogP) is 0.930. The number of nitrogens with zero attached hydrogens (tertiary/aromatic N) is 2. The molecule has 2 rings (SSSR count). The molecule has 0 aliphatic carbocycles. The number of benzene rings is 1. The van der Waals surface area contributed by atoms with E-state index < -0.39 is 27.8 Å². The van der Waals surface area contributed by atoms with Gasteiger partial charge in [0.2, 0.25) is 5.91 Å². The van der Waals surface area contributed by atoms with Crippen LogP contribution in [-0.2, 0) is 19.6 Å². The SMILES string of the molecule is CC(C)CC(CNC(=O)CN(C)C1=NS(=O)(=O)c2ccccc21)C(=O)O. The highest BCUT2D eigenvalue weighted by Crippen LogP contribution is 2.26. The fraction of sp³-hybridized carbons (Fsp3) is 0.471. The Labute approximate surface area is 153 Å². The summed E-state index contributed by atoms with van der Waals surface area (Å²) in [5, 5.41) is 11.8. The van der Waals surface area contributed by atoms with Gasteiger partial charge < -0.3 is 15.3 Å². The first kappa shape index (κ1) is 19.9. The number of sulfonamides is 1. The predicted molar refractivity (Wildman–Crippen MR) is 96.4 cm³/mol. The van der Waals surface area contributed by atoms with Crippen LogP contribution in [0.5, 0.6) is 0 Å². The maximum atomic E-state index is 12.1. The molecule has 142 valence electrons. The molecule has 0 radical (unpaired) electrons. The van der Waals surface area contributed by atoms with E-state index in [9.17, 15) is 23.1 Å². The van der Waals surface area contributed by atoms with Crippen LogP contribution in [0.3, 0.4) is 0 Å². The van der Waals surface area contributed by atoms with Crippen LogP contribution in [0, 0.1) is 11.8 Å². The van der Waals surface area contributed by atoms with Crippen molar-refractivity contribution in [2.24, 2.45) is 16.2 Å². The minimum Gasteiger partial charge on any atom is -0.481 e. The van der Waals surface area contributed by atoms with E-state index >= 15 is 0 Å². The maximum Gasteiger partial charge on any atom is 0.308 e. The van der Waals surface area contributed by atoms with Crippen molar-refractivity contribution >= 4 is 27.7 Å². The monoisotopic (exact) mass is 381 g/mol. The lowest BCUT2D eigenvalue weighted by Crippen LogP contribution is -2.41. The number of hydrogen-bond acceptors (Lipinski definition) is 5. The molecule has 0 spiro atoms. The van der Waals surface area contributed by atoms with Gasteiger partial charge in [0.05, 0.1) is 12.5 Å². The second kappa shape index (κ2) is 7.86. The molecule has 2 N–H and O–H groups in total. The molecule has 1 aromatic rings. The topological polar surface area (TPSA) is 116 Å². The smallest absolute Gasteiger partial charge is 0.308 e. The number of nitrogens with one attached hydrogen (secondary N) is 1. The molecule has 1 heterocycles. The van der Waals surface area contributed by atoms with E-state index in [2.05, 4.69) is 9.71 Å². The summed E-state index contributed by atoms with van der Waals surface area (Å²) < 4.78 is 27.9. The van der Waals surface area contributed by atoms with Crippen LogP contribution in [0.25, 0.3) is 0 Å². The highest BCUT2D eigenvalue weighted by atomic mass is 32.2. The van der Waals surface area contributed by atoms with Crippen LogP contribution in [0.15, 0.2) is 33.6 Å². The molecule has 0 bridgehead atoms. The van der Waals surface area contributed by atoms with Crippen molar-refractivity contribution < 1.29 is 23.1 Å². The second-order valence-electron chi connectivity index (χ2n) is 6.71. The zero-order valence-corrected chi connectivity index (χ0v) is 15.8. The largest absolute Gasteiger partial charge is 0.481 e. The zero-order chi connectivity index (χ0) is 19.5. The summed E-state index contributed by atoms with van der Waals surface area (Å²) in [6, 6.07) is 6.42. The summed E-state index contributed by atoms with van der Waals surface area (Å²) >= 11 is 0. The lowest BCUT2D eigenvalue weighted by atomic mass is 9.97. The summed E-state index contributed by atoms with van der Waals surface area (Å²) in [6.07, 6.45) is 0.462. The molecule has 8 nitrogen and oxygen atoms in total. The van der Waals surface area contributed by atoms with Gasteiger partial charge in [-0.25, -0.2) is 0 Å². The molecule has 0 fully saturated rings. The average Bonchev–Trinajstić information content (AvgIpc) is 2.83. The van der Waals surface area contributed by atoms with Crippen molar-refractivity contribution in [1.29, 1.82) is 0 Å². The van der Waals surface area contributed by atoms with Crippen molar-refractivity contribution in [1.82, 2.24) is 10.2 Å². The van der Waals surface area contributed by atoms with Gasteiger partial charge in [-0.1, -0.05) is 26.0 Å². The fourth-order valence-electron chi connectivity index (χ4n) is 2.79. The van der Waals surface area contributed by atoms with Gasteiger partial charge in [0.25, 0.3) is 10.0 Å². The van der Waals surface area contributed by atoms with E-state index in [1.165, 1.54) is 11.0 Å².